The third-order valence-corrected chi connectivity index (χ3v) is 6.92. The molecule has 0 bridgehead atoms. The molecule has 0 heterocycles. The van der Waals surface area contributed by atoms with Gasteiger partial charge in [0.2, 0.25) is 0 Å². The SMILES string of the molecule is CC(C)CC(=Nc1ccc([N+](=O)[O-])cc1)C1=C([O][Sn]([CH3])([CH3])[Cl])c2ccccc2C1=O. The number of non-ortho nitro benzene ring substituents is 1. The Bertz CT molecular complexity index is 1050. The van der Waals surface area contributed by atoms with Gasteiger partial charge in [-0.1, -0.05) is 0 Å². The second kappa shape index (κ2) is 8.89. The Balaban J connectivity index is 2.16. The molecule has 0 saturated heterocycles. The van der Waals surface area contributed by atoms with E-state index in [1.165, 1.54) is 12.1 Å². The Morgan fingerprint density at radius 3 is 2.27 bits per heavy atom. The Labute approximate surface area is 183 Å². The molecule has 156 valence electrons. The Morgan fingerprint density at radius 1 is 1.13 bits per heavy atom. The van der Waals surface area contributed by atoms with Crippen LogP contribution in [-0.2, 0) is 3.07 Å². The number of carbonyl (C=O) groups is 1. The van der Waals surface area contributed by atoms with Gasteiger partial charge in [-0.2, -0.15) is 0 Å². The molecular formula is C22H23ClN2O4Sn. The third kappa shape index (κ3) is 5.10. The second-order valence-corrected chi connectivity index (χ2v) is 22.4. The molecule has 1 aliphatic rings. The number of ketones is 1. The molecule has 0 atom stereocenters. The Hall–Kier alpha value is -2.19. The molecule has 0 spiro atoms. The average Bonchev–Trinajstić information content (AvgIpc) is 2.92. The first-order valence-electron chi connectivity index (χ1n) is 9.65. The number of nitrogens with zero attached hydrogens (tertiary/aromatic N) is 2. The van der Waals surface area contributed by atoms with Crippen LogP contribution in [0, 0.1) is 16.0 Å². The van der Waals surface area contributed by atoms with Gasteiger partial charge in [0.15, 0.2) is 0 Å². The van der Waals surface area contributed by atoms with Crippen molar-refractivity contribution in [2.45, 2.75) is 30.1 Å². The van der Waals surface area contributed by atoms with Gasteiger partial charge in [-0.15, -0.1) is 0 Å². The zero-order valence-corrected chi connectivity index (χ0v) is 20.9. The van der Waals surface area contributed by atoms with E-state index in [4.69, 9.17) is 17.0 Å². The number of aliphatic imine (C=N–C) groups is 1. The van der Waals surface area contributed by atoms with E-state index >= 15 is 0 Å². The molecule has 0 radical (unpaired) electrons. The van der Waals surface area contributed by atoms with Gasteiger partial charge in [-0.3, -0.25) is 0 Å². The van der Waals surface area contributed by atoms with Gasteiger partial charge in [0.25, 0.3) is 0 Å². The summed E-state index contributed by atoms with van der Waals surface area (Å²) in [5.41, 5.74) is 2.89. The maximum absolute atomic E-state index is 13.3. The number of halogens is 1. The van der Waals surface area contributed by atoms with Gasteiger partial charge in [0.1, 0.15) is 0 Å². The summed E-state index contributed by atoms with van der Waals surface area (Å²) in [5, 5.41) is 10.9. The predicted octanol–water partition coefficient (Wildman–Crippen LogP) is 6.28. The normalized spacial score (nSPS) is 14.3. The first-order chi connectivity index (χ1) is 14.1. The third-order valence-electron chi connectivity index (χ3n) is 4.43. The van der Waals surface area contributed by atoms with Gasteiger partial charge in [0, 0.05) is 0 Å². The van der Waals surface area contributed by atoms with Gasteiger partial charge in [-0.25, -0.2) is 0 Å². The summed E-state index contributed by atoms with van der Waals surface area (Å²) in [4.78, 5) is 32.3. The summed E-state index contributed by atoms with van der Waals surface area (Å²) >= 11 is -3.30. The Kier molecular flexibility index (Phi) is 6.67. The number of fused-ring (bicyclic) bond motifs is 1. The summed E-state index contributed by atoms with van der Waals surface area (Å²) in [6, 6.07) is 13.3. The molecule has 1 aliphatic carbocycles. The van der Waals surface area contributed by atoms with Crippen molar-refractivity contribution in [3.05, 3.63) is 75.3 Å². The van der Waals surface area contributed by atoms with Crippen LogP contribution >= 0.6 is 8.92 Å². The zero-order valence-electron chi connectivity index (χ0n) is 17.3. The molecule has 0 unspecified atom stereocenters. The van der Waals surface area contributed by atoms with E-state index in [-0.39, 0.29) is 17.4 Å². The minimum atomic E-state index is -3.30. The van der Waals surface area contributed by atoms with Crippen molar-refractivity contribution in [1.29, 1.82) is 0 Å². The van der Waals surface area contributed by atoms with Crippen LogP contribution in [0.2, 0.25) is 9.88 Å². The van der Waals surface area contributed by atoms with Crippen molar-refractivity contribution in [3.63, 3.8) is 0 Å². The molecule has 8 heteroatoms. The fraction of sp³-hybridized carbons (Fsp3) is 0.273. The van der Waals surface area contributed by atoms with Crippen LogP contribution in [0.5, 0.6) is 0 Å². The van der Waals surface area contributed by atoms with Crippen LogP contribution in [0.25, 0.3) is 5.76 Å². The number of Topliss-reactive ketones (excluding diaryl/α,β-unsaturated/α-hetero) is 1. The van der Waals surface area contributed by atoms with E-state index in [0.717, 1.165) is 5.56 Å². The molecule has 0 aliphatic heterocycles. The number of carbonyl (C=O) groups excluding carboxylic acids is 1. The molecule has 2 aromatic rings. The van der Waals surface area contributed by atoms with Crippen molar-refractivity contribution in [1.82, 2.24) is 0 Å². The number of allylic oxidation sites excluding steroid dienone is 1. The number of nitro benzene ring substituents is 1. The van der Waals surface area contributed by atoms with E-state index in [1.807, 2.05) is 41.9 Å². The van der Waals surface area contributed by atoms with Gasteiger partial charge >= 0.3 is 184 Å². The van der Waals surface area contributed by atoms with Crippen molar-refractivity contribution in [2.75, 3.05) is 0 Å². The van der Waals surface area contributed by atoms with E-state index in [9.17, 15) is 14.9 Å². The second-order valence-electron chi connectivity index (χ2n) is 7.97. The molecule has 3 rings (SSSR count). The molecule has 0 N–H and O–H groups in total. The van der Waals surface area contributed by atoms with Crippen molar-refractivity contribution in [2.24, 2.45) is 10.9 Å². The number of rotatable bonds is 7. The minimum absolute atomic E-state index is 0.00935. The summed E-state index contributed by atoms with van der Waals surface area (Å²) in [7, 11) is 6.55. The van der Waals surface area contributed by atoms with Crippen molar-refractivity contribution >= 4 is 55.2 Å². The molecule has 2 aromatic carbocycles. The van der Waals surface area contributed by atoms with Crippen LogP contribution in [0.4, 0.5) is 11.4 Å². The fourth-order valence-electron chi connectivity index (χ4n) is 3.26. The monoisotopic (exact) mass is 534 g/mol. The first-order valence-corrected chi connectivity index (χ1v) is 20.1. The number of hydrogen-bond donors (Lipinski definition) is 0. The van der Waals surface area contributed by atoms with Crippen LogP contribution in [0.3, 0.4) is 0 Å². The van der Waals surface area contributed by atoms with Crippen LogP contribution in [0.15, 0.2) is 59.1 Å². The zero-order chi connectivity index (χ0) is 22.1. The predicted molar refractivity (Wildman–Crippen MR) is 122 cm³/mol. The molecule has 0 aromatic heterocycles. The van der Waals surface area contributed by atoms with Crippen molar-refractivity contribution < 1.29 is 12.8 Å². The maximum atomic E-state index is 13.3. The molecular weight excluding hydrogens is 510 g/mol. The van der Waals surface area contributed by atoms with E-state index < -0.39 is 22.6 Å². The summed E-state index contributed by atoms with van der Waals surface area (Å²) < 4.78 is 6.22. The standard InChI is InChI=1S/C20H18N2O4.2CH3.ClH.Sn/c1-12(2)11-17(21-13-7-9-14(10-8-13)22(25)26)18-19(23)15-5-3-4-6-16(15)20(18)24;;;;/h3-10,12,23H,11H2,1-2H3;2*1H3;1H;/q;;;;+2/p-2. The molecule has 30 heavy (non-hydrogen) atoms. The molecule has 0 saturated carbocycles. The molecule has 6 nitrogen and oxygen atoms in total. The summed E-state index contributed by atoms with van der Waals surface area (Å²) in [6.07, 6.45) is 0.553. The van der Waals surface area contributed by atoms with Crippen LogP contribution in [-0.4, -0.2) is 34.1 Å². The summed E-state index contributed by atoms with van der Waals surface area (Å²) in [5.74, 6) is 0.612. The topological polar surface area (TPSA) is 81.8 Å². The molecule has 0 fully saturated rings. The van der Waals surface area contributed by atoms with Crippen LogP contribution in [0.1, 0.15) is 36.2 Å². The van der Waals surface area contributed by atoms with Gasteiger partial charge in [-0.05, 0) is 0 Å². The summed E-state index contributed by atoms with van der Waals surface area (Å²) in [6.45, 7) is 4.09. The van der Waals surface area contributed by atoms with E-state index in [0.29, 0.717) is 34.7 Å². The Morgan fingerprint density at radius 2 is 1.73 bits per heavy atom. The quantitative estimate of drug-likeness (QED) is 0.182. The number of benzene rings is 2. The fourth-order valence-corrected chi connectivity index (χ4v) is 5.77. The first kappa shape index (κ1) is 22.5. The molecule has 0 amide bonds. The van der Waals surface area contributed by atoms with E-state index in [2.05, 4.69) is 0 Å². The average molecular weight is 534 g/mol. The van der Waals surface area contributed by atoms with Crippen molar-refractivity contribution in [3.8, 4) is 0 Å². The van der Waals surface area contributed by atoms with E-state index in [1.54, 1.807) is 18.2 Å². The van der Waals surface area contributed by atoms with Gasteiger partial charge in [0.05, 0.1) is 0 Å². The van der Waals surface area contributed by atoms with Crippen LogP contribution < -0.4 is 0 Å². The number of hydrogen-bond acceptors (Lipinski definition) is 5. The van der Waals surface area contributed by atoms with Gasteiger partial charge < -0.3 is 0 Å². The number of nitro groups is 1.